The van der Waals surface area contributed by atoms with Crippen molar-refractivity contribution in [1.82, 2.24) is 0 Å². The summed E-state index contributed by atoms with van der Waals surface area (Å²) in [6, 6.07) is 0. The van der Waals surface area contributed by atoms with Crippen LogP contribution in [0.3, 0.4) is 0 Å². The molecule has 0 aliphatic rings. The van der Waals surface area contributed by atoms with Crippen molar-refractivity contribution in [2.75, 3.05) is 6.61 Å². The van der Waals surface area contributed by atoms with E-state index in [2.05, 4.69) is 17.3 Å². The molecule has 0 rings (SSSR count). The minimum atomic E-state index is -4.51. The third-order valence-corrected chi connectivity index (χ3v) is 2.61. The minimum absolute atomic E-state index is 0.131. The van der Waals surface area contributed by atoms with Gasteiger partial charge in [-0.2, -0.15) is 8.42 Å². The van der Waals surface area contributed by atoms with Gasteiger partial charge in [0.1, 0.15) is 0 Å². The van der Waals surface area contributed by atoms with Crippen LogP contribution in [0.2, 0.25) is 0 Å². The number of aliphatic hydroxyl groups excluding tert-OH is 1. The van der Waals surface area contributed by atoms with Gasteiger partial charge in [-0.05, 0) is 25.2 Å². The molecule has 0 saturated carbocycles. The highest BCUT2D eigenvalue weighted by Crippen LogP contribution is 2.21. The molecular formula is C10H18O5S. The van der Waals surface area contributed by atoms with Gasteiger partial charge in [0.15, 0.2) is 0 Å². The van der Waals surface area contributed by atoms with Gasteiger partial charge in [0, 0.05) is 6.61 Å². The molecule has 0 aliphatic carbocycles. The van der Waals surface area contributed by atoms with Crippen molar-refractivity contribution in [2.24, 2.45) is 5.92 Å². The summed E-state index contributed by atoms with van der Waals surface area (Å²) in [5.74, 6) is -0.177. The first kappa shape index (κ1) is 15.3. The van der Waals surface area contributed by atoms with Crippen molar-refractivity contribution in [3.8, 4) is 0 Å². The predicted octanol–water partition coefficient (Wildman–Crippen LogP) is 1.33. The van der Waals surface area contributed by atoms with E-state index in [9.17, 15) is 8.42 Å². The van der Waals surface area contributed by atoms with Crippen LogP contribution < -0.4 is 0 Å². The van der Waals surface area contributed by atoms with Gasteiger partial charge in [0.05, 0.1) is 6.10 Å². The molecule has 0 aliphatic heterocycles. The smallest absolute Gasteiger partial charge is 0.396 e. The van der Waals surface area contributed by atoms with Gasteiger partial charge in [-0.3, -0.25) is 4.55 Å². The Kier molecular flexibility index (Phi) is 7.24. The summed E-state index contributed by atoms with van der Waals surface area (Å²) in [4.78, 5) is 0. The van der Waals surface area contributed by atoms with Crippen LogP contribution in [0.5, 0.6) is 0 Å². The number of hydrogen-bond donors (Lipinski definition) is 2. The van der Waals surface area contributed by atoms with Gasteiger partial charge in [-0.25, -0.2) is 4.18 Å². The summed E-state index contributed by atoms with van der Waals surface area (Å²) in [5.41, 5.74) is 0. The maximum absolute atomic E-state index is 10.6. The second-order valence-electron chi connectivity index (χ2n) is 3.38. The van der Waals surface area contributed by atoms with Crippen molar-refractivity contribution in [1.29, 1.82) is 0 Å². The zero-order valence-corrected chi connectivity index (χ0v) is 9.90. The topological polar surface area (TPSA) is 83.8 Å². The van der Waals surface area contributed by atoms with Crippen molar-refractivity contribution in [2.45, 2.75) is 25.4 Å². The van der Waals surface area contributed by atoms with E-state index < -0.39 is 16.5 Å². The second-order valence-corrected chi connectivity index (χ2v) is 4.43. The normalized spacial score (nSPS) is 13.7. The maximum Gasteiger partial charge on any atom is 0.397 e. The van der Waals surface area contributed by atoms with Crippen LogP contribution in [0.15, 0.2) is 25.3 Å². The average molecular weight is 250 g/mol. The van der Waals surface area contributed by atoms with E-state index >= 15 is 0 Å². The Hall–Kier alpha value is -0.690. The zero-order chi connectivity index (χ0) is 12.6. The van der Waals surface area contributed by atoms with Crippen LogP contribution in [0, 0.1) is 5.92 Å². The second kappa shape index (κ2) is 7.56. The van der Waals surface area contributed by atoms with Crippen LogP contribution in [-0.2, 0) is 14.6 Å². The van der Waals surface area contributed by atoms with E-state index in [4.69, 9.17) is 9.66 Å². The Morgan fingerprint density at radius 1 is 1.25 bits per heavy atom. The Morgan fingerprint density at radius 2 is 1.75 bits per heavy atom. The van der Waals surface area contributed by atoms with E-state index in [0.29, 0.717) is 12.8 Å². The largest absolute Gasteiger partial charge is 0.397 e. The Morgan fingerprint density at radius 3 is 2.06 bits per heavy atom. The quantitative estimate of drug-likeness (QED) is 0.476. The lowest BCUT2D eigenvalue weighted by atomic mass is 9.93. The summed E-state index contributed by atoms with van der Waals surface area (Å²) < 4.78 is 34.4. The van der Waals surface area contributed by atoms with E-state index in [-0.39, 0.29) is 18.9 Å². The fraction of sp³-hybridized carbons (Fsp3) is 0.600. The first-order valence-electron chi connectivity index (χ1n) is 4.93. The highest BCUT2D eigenvalue weighted by atomic mass is 32.3. The fourth-order valence-corrected chi connectivity index (χ4v) is 2.04. The summed E-state index contributed by atoms with van der Waals surface area (Å²) in [7, 11) is -4.51. The van der Waals surface area contributed by atoms with Crippen LogP contribution in [0.1, 0.15) is 19.3 Å². The first-order chi connectivity index (χ1) is 7.44. The van der Waals surface area contributed by atoms with Crippen molar-refractivity contribution < 1.29 is 22.3 Å². The van der Waals surface area contributed by atoms with Gasteiger partial charge in [0.25, 0.3) is 0 Å². The highest BCUT2D eigenvalue weighted by Gasteiger charge is 2.24. The molecule has 0 bridgehead atoms. The molecule has 0 aromatic rings. The molecular weight excluding hydrogens is 232 g/mol. The highest BCUT2D eigenvalue weighted by molar-refractivity contribution is 7.80. The zero-order valence-electron chi connectivity index (χ0n) is 9.08. The summed E-state index contributed by atoms with van der Waals surface area (Å²) >= 11 is 0. The van der Waals surface area contributed by atoms with Gasteiger partial charge in [0.2, 0.25) is 0 Å². The standard InChI is InChI=1S/C10H18O5S/c1-3-5-9(6-4-2)10(7-8-11)15-16(12,13)14/h3-4,9-11H,1-2,5-8H2,(H,12,13,14). The molecule has 16 heavy (non-hydrogen) atoms. The van der Waals surface area contributed by atoms with Gasteiger partial charge < -0.3 is 5.11 Å². The number of allylic oxidation sites excluding steroid dienone is 2. The molecule has 0 spiro atoms. The molecule has 0 heterocycles. The fourth-order valence-electron chi connectivity index (χ4n) is 1.47. The molecule has 1 atom stereocenters. The van der Waals surface area contributed by atoms with Crippen LogP contribution >= 0.6 is 0 Å². The van der Waals surface area contributed by atoms with Crippen LogP contribution in [0.4, 0.5) is 0 Å². The van der Waals surface area contributed by atoms with Crippen molar-refractivity contribution in [3.63, 3.8) is 0 Å². The Bertz CT molecular complexity index is 299. The predicted molar refractivity (Wildman–Crippen MR) is 61.2 cm³/mol. The first-order valence-corrected chi connectivity index (χ1v) is 6.29. The maximum atomic E-state index is 10.6. The van der Waals surface area contributed by atoms with E-state index in [1.165, 1.54) is 0 Å². The average Bonchev–Trinajstić information content (AvgIpc) is 2.15. The molecule has 0 aromatic heterocycles. The lowest BCUT2D eigenvalue weighted by molar-refractivity contribution is 0.0953. The van der Waals surface area contributed by atoms with Gasteiger partial charge >= 0.3 is 10.4 Å². The molecule has 0 amide bonds. The lowest BCUT2D eigenvalue weighted by Crippen LogP contribution is -2.27. The lowest BCUT2D eigenvalue weighted by Gasteiger charge is -2.23. The molecule has 5 nitrogen and oxygen atoms in total. The summed E-state index contributed by atoms with van der Waals surface area (Å²) in [5, 5.41) is 8.81. The van der Waals surface area contributed by atoms with Gasteiger partial charge in [-0.1, -0.05) is 12.2 Å². The molecule has 94 valence electrons. The number of rotatable bonds is 9. The number of hydrogen-bond acceptors (Lipinski definition) is 4. The number of aliphatic hydroxyl groups is 1. The summed E-state index contributed by atoms with van der Waals surface area (Å²) in [6.45, 7) is 6.90. The monoisotopic (exact) mass is 250 g/mol. The van der Waals surface area contributed by atoms with Gasteiger partial charge in [-0.15, -0.1) is 13.2 Å². The van der Waals surface area contributed by atoms with E-state index in [1.54, 1.807) is 12.2 Å². The molecule has 0 fully saturated rings. The SMILES string of the molecule is C=CCC(CC=C)C(CCO)OS(=O)(=O)O. The third-order valence-electron chi connectivity index (χ3n) is 2.12. The van der Waals surface area contributed by atoms with Crippen molar-refractivity contribution in [3.05, 3.63) is 25.3 Å². The Labute approximate surface area is 96.4 Å². The molecule has 0 saturated heterocycles. The molecule has 2 N–H and O–H groups in total. The van der Waals surface area contributed by atoms with E-state index in [1.807, 2.05) is 0 Å². The van der Waals surface area contributed by atoms with E-state index in [0.717, 1.165) is 0 Å². The minimum Gasteiger partial charge on any atom is -0.396 e. The van der Waals surface area contributed by atoms with Crippen molar-refractivity contribution >= 4 is 10.4 Å². The molecule has 0 radical (unpaired) electrons. The van der Waals surface area contributed by atoms with Crippen LogP contribution in [0.25, 0.3) is 0 Å². The third kappa shape index (κ3) is 6.73. The summed E-state index contributed by atoms with van der Waals surface area (Å²) in [6.07, 6.45) is 3.67. The molecule has 0 aromatic carbocycles. The molecule has 6 heteroatoms. The van der Waals surface area contributed by atoms with Crippen LogP contribution in [-0.4, -0.2) is 30.8 Å². The Balaban J connectivity index is 4.67. The molecule has 1 unspecified atom stereocenters.